The first-order chi connectivity index (χ1) is 9.52. The van der Waals surface area contributed by atoms with Crippen LogP contribution in [-0.4, -0.2) is 44.9 Å². The molecule has 0 saturated carbocycles. The predicted molar refractivity (Wildman–Crippen MR) is 75.0 cm³/mol. The van der Waals surface area contributed by atoms with E-state index in [0.717, 1.165) is 5.82 Å². The molecular weight excluding hydrogens is 256 g/mol. The molecule has 1 fully saturated rings. The van der Waals surface area contributed by atoms with E-state index < -0.39 is 6.04 Å². The Hall–Kier alpha value is -1.85. The summed E-state index contributed by atoms with van der Waals surface area (Å²) in [5.74, 6) is 0.906. The fourth-order valence-corrected chi connectivity index (χ4v) is 2.57. The van der Waals surface area contributed by atoms with Crippen LogP contribution in [0.5, 0.6) is 0 Å². The van der Waals surface area contributed by atoms with Gasteiger partial charge in [0.15, 0.2) is 0 Å². The van der Waals surface area contributed by atoms with Crippen LogP contribution >= 0.6 is 0 Å². The van der Waals surface area contributed by atoms with Crippen molar-refractivity contribution < 1.29 is 9.59 Å². The molecule has 6 nitrogen and oxygen atoms in total. The third-order valence-electron chi connectivity index (χ3n) is 3.84. The summed E-state index contributed by atoms with van der Waals surface area (Å²) in [4.78, 5) is 30.2. The van der Waals surface area contributed by atoms with Gasteiger partial charge in [-0.2, -0.15) is 0 Å². The van der Waals surface area contributed by atoms with Gasteiger partial charge < -0.3 is 14.8 Å². The zero-order valence-electron chi connectivity index (χ0n) is 12.3. The highest BCUT2D eigenvalue weighted by Crippen LogP contribution is 2.13. The minimum absolute atomic E-state index is 0.0172. The molecule has 0 radical (unpaired) electrons. The van der Waals surface area contributed by atoms with Crippen molar-refractivity contribution in [3.63, 3.8) is 0 Å². The van der Waals surface area contributed by atoms with E-state index in [0.29, 0.717) is 25.9 Å². The average Bonchev–Trinajstić information content (AvgIpc) is 2.77. The van der Waals surface area contributed by atoms with E-state index in [-0.39, 0.29) is 17.9 Å². The summed E-state index contributed by atoms with van der Waals surface area (Å²) in [7, 11) is 0. The van der Waals surface area contributed by atoms with E-state index in [2.05, 4.69) is 10.3 Å². The number of imidazole rings is 1. The van der Waals surface area contributed by atoms with Crippen molar-refractivity contribution in [2.75, 3.05) is 6.54 Å². The molecule has 1 aliphatic heterocycles. The highest BCUT2D eigenvalue weighted by Gasteiger charge is 2.32. The Labute approximate surface area is 119 Å². The Kier molecular flexibility index (Phi) is 4.42. The van der Waals surface area contributed by atoms with E-state index in [1.54, 1.807) is 6.20 Å². The quantitative estimate of drug-likeness (QED) is 0.882. The Bertz CT molecular complexity index is 497. The molecule has 2 heterocycles. The summed E-state index contributed by atoms with van der Waals surface area (Å²) in [6.07, 6.45) is 4.65. The van der Waals surface area contributed by atoms with Gasteiger partial charge in [-0.25, -0.2) is 4.98 Å². The van der Waals surface area contributed by atoms with E-state index in [1.165, 1.54) is 0 Å². The van der Waals surface area contributed by atoms with Crippen LogP contribution in [-0.2, 0) is 16.1 Å². The van der Waals surface area contributed by atoms with Gasteiger partial charge in [0.2, 0.25) is 11.8 Å². The summed E-state index contributed by atoms with van der Waals surface area (Å²) in [6, 6.07) is -0.459. The molecule has 2 rings (SSSR count). The largest absolute Gasteiger partial charge is 0.344 e. The molecule has 0 spiro atoms. The van der Waals surface area contributed by atoms with E-state index in [1.807, 2.05) is 36.4 Å². The molecular formula is C14H22N4O2. The predicted octanol–water partition coefficient (Wildman–Crippen LogP) is 0.707. The number of amides is 2. The van der Waals surface area contributed by atoms with Gasteiger partial charge in [-0.3, -0.25) is 9.59 Å². The summed E-state index contributed by atoms with van der Waals surface area (Å²) >= 11 is 0. The van der Waals surface area contributed by atoms with Crippen LogP contribution in [0, 0.1) is 6.92 Å². The van der Waals surface area contributed by atoms with Crippen LogP contribution in [0.4, 0.5) is 0 Å². The first-order valence-electron chi connectivity index (χ1n) is 7.10. The van der Waals surface area contributed by atoms with Crippen molar-refractivity contribution in [2.24, 2.45) is 0 Å². The minimum atomic E-state index is -0.392. The molecule has 6 heteroatoms. The lowest BCUT2D eigenvalue weighted by Gasteiger charge is -2.28. The third kappa shape index (κ3) is 3.00. The summed E-state index contributed by atoms with van der Waals surface area (Å²) < 4.78 is 2.01. The average molecular weight is 278 g/mol. The second-order valence-corrected chi connectivity index (χ2v) is 5.28. The van der Waals surface area contributed by atoms with Crippen molar-refractivity contribution in [3.05, 3.63) is 18.2 Å². The lowest BCUT2D eigenvalue weighted by molar-refractivity contribution is -0.135. The van der Waals surface area contributed by atoms with Gasteiger partial charge in [0.05, 0.1) is 0 Å². The minimum Gasteiger partial charge on any atom is -0.344 e. The highest BCUT2D eigenvalue weighted by atomic mass is 16.2. The van der Waals surface area contributed by atoms with Crippen LogP contribution in [0.25, 0.3) is 0 Å². The first-order valence-corrected chi connectivity index (χ1v) is 7.10. The van der Waals surface area contributed by atoms with Crippen LogP contribution < -0.4 is 5.32 Å². The van der Waals surface area contributed by atoms with Crippen molar-refractivity contribution in [1.82, 2.24) is 19.8 Å². The van der Waals surface area contributed by atoms with Gasteiger partial charge in [0.1, 0.15) is 11.9 Å². The molecule has 1 aromatic heterocycles. The second kappa shape index (κ2) is 6.07. The number of hydrogen-bond donors (Lipinski definition) is 1. The molecule has 1 saturated heterocycles. The van der Waals surface area contributed by atoms with Crippen molar-refractivity contribution in [2.45, 2.75) is 52.2 Å². The standard InChI is InChI=1S/C14H22N4O2/c1-4-12-14(20)18(10(2)9-13(19)16-12)8-7-17-6-5-15-11(17)3/h5-6,10,12H,4,7-9H2,1-3H3,(H,16,19). The maximum Gasteiger partial charge on any atom is 0.245 e. The molecule has 20 heavy (non-hydrogen) atoms. The van der Waals surface area contributed by atoms with Crippen molar-refractivity contribution >= 4 is 11.8 Å². The molecule has 2 unspecified atom stereocenters. The van der Waals surface area contributed by atoms with Crippen molar-refractivity contribution in [1.29, 1.82) is 0 Å². The molecule has 0 aliphatic carbocycles. The normalized spacial score (nSPS) is 23.6. The molecule has 0 bridgehead atoms. The van der Waals surface area contributed by atoms with Gasteiger partial charge in [-0.1, -0.05) is 6.92 Å². The number of nitrogens with one attached hydrogen (secondary N) is 1. The first kappa shape index (κ1) is 14.6. The van der Waals surface area contributed by atoms with Gasteiger partial charge >= 0.3 is 0 Å². The number of carbonyl (C=O) groups is 2. The van der Waals surface area contributed by atoms with E-state index in [4.69, 9.17) is 0 Å². The molecule has 110 valence electrons. The van der Waals surface area contributed by atoms with Crippen molar-refractivity contribution in [3.8, 4) is 0 Å². The van der Waals surface area contributed by atoms with Crippen LogP contribution in [0.3, 0.4) is 0 Å². The maximum absolute atomic E-state index is 12.5. The number of rotatable bonds is 4. The lowest BCUT2D eigenvalue weighted by Crippen LogP contribution is -2.47. The van der Waals surface area contributed by atoms with Crippen LogP contribution in [0.1, 0.15) is 32.5 Å². The zero-order valence-corrected chi connectivity index (χ0v) is 12.3. The monoisotopic (exact) mass is 278 g/mol. The van der Waals surface area contributed by atoms with Crippen LogP contribution in [0.2, 0.25) is 0 Å². The summed E-state index contributed by atoms with van der Waals surface area (Å²) in [5, 5.41) is 2.79. The van der Waals surface area contributed by atoms with Gasteiger partial charge in [-0.15, -0.1) is 0 Å². The fraction of sp³-hybridized carbons (Fsp3) is 0.643. The van der Waals surface area contributed by atoms with Gasteiger partial charge in [0.25, 0.3) is 0 Å². The summed E-state index contributed by atoms with van der Waals surface area (Å²) in [5.41, 5.74) is 0. The number of aromatic nitrogens is 2. The third-order valence-corrected chi connectivity index (χ3v) is 3.84. The van der Waals surface area contributed by atoms with Gasteiger partial charge in [0, 0.05) is 37.9 Å². The van der Waals surface area contributed by atoms with Gasteiger partial charge in [-0.05, 0) is 20.3 Å². The number of nitrogens with zero attached hydrogens (tertiary/aromatic N) is 3. The molecule has 1 aliphatic rings. The van der Waals surface area contributed by atoms with E-state index in [9.17, 15) is 9.59 Å². The number of carbonyl (C=O) groups excluding carboxylic acids is 2. The Morgan fingerprint density at radius 1 is 1.40 bits per heavy atom. The lowest BCUT2D eigenvalue weighted by atomic mass is 10.2. The van der Waals surface area contributed by atoms with E-state index >= 15 is 0 Å². The smallest absolute Gasteiger partial charge is 0.245 e. The SMILES string of the molecule is CCC1NC(=O)CC(C)N(CCn2ccnc2C)C1=O. The molecule has 2 atom stereocenters. The second-order valence-electron chi connectivity index (χ2n) is 5.28. The van der Waals surface area contributed by atoms with Crippen LogP contribution in [0.15, 0.2) is 12.4 Å². The molecule has 2 amide bonds. The topological polar surface area (TPSA) is 67.2 Å². The maximum atomic E-state index is 12.5. The molecule has 1 N–H and O–H groups in total. The molecule has 1 aromatic rings. The molecule has 0 aromatic carbocycles. The number of hydrogen-bond acceptors (Lipinski definition) is 3. The Morgan fingerprint density at radius 2 is 2.15 bits per heavy atom. The Balaban J connectivity index is 2.08. The zero-order chi connectivity index (χ0) is 14.7. The summed E-state index contributed by atoms with van der Waals surface area (Å²) in [6.45, 7) is 7.08. The highest BCUT2D eigenvalue weighted by molar-refractivity contribution is 5.90. The number of aryl methyl sites for hydroxylation is 1. The fourth-order valence-electron chi connectivity index (χ4n) is 2.57. The Morgan fingerprint density at radius 3 is 2.75 bits per heavy atom.